The van der Waals surface area contributed by atoms with Crippen LogP contribution < -0.4 is 5.32 Å². The van der Waals surface area contributed by atoms with Gasteiger partial charge < -0.3 is 5.32 Å². The number of carbonyl (C=O) groups excluding carboxylic acids is 1. The summed E-state index contributed by atoms with van der Waals surface area (Å²) in [5, 5.41) is 3.35. The predicted octanol–water partition coefficient (Wildman–Crippen LogP) is 4.31. The molecule has 3 heteroatoms. The Kier molecular flexibility index (Phi) is 3.36. The summed E-state index contributed by atoms with van der Waals surface area (Å²) in [4.78, 5) is 12.6. The number of halogens is 1. The smallest absolute Gasteiger partial charge is 0.251 e. The molecule has 0 aromatic heterocycles. The van der Waals surface area contributed by atoms with E-state index in [0.717, 1.165) is 39.3 Å². The van der Waals surface area contributed by atoms with Crippen molar-refractivity contribution in [3.8, 4) is 0 Å². The molecule has 3 fully saturated rings. The van der Waals surface area contributed by atoms with E-state index in [4.69, 9.17) is 0 Å². The summed E-state index contributed by atoms with van der Waals surface area (Å²) >= 11 is 3.52. The lowest BCUT2D eigenvalue weighted by molar-refractivity contribution is 0.0900. The second-order valence-electron chi connectivity index (χ2n) is 7.15. The minimum absolute atomic E-state index is 0.112. The van der Waals surface area contributed by atoms with Crippen molar-refractivity contribution in [3.63, 3.8) is 0 Å². The van der Waals surface area contributed by atoms with Gasteiger partial charge in [-0.2, -0.15) is 0 Å². The second-order valence-corrected chi connectivity index (χ2v) is 8.00. The first-order valence-corrected chi connectivity index (χ1v) is 9.00. The third-order valence-corrected chi connectivity index (χ3v) is 7.12. The fraction of sp³-hybridized carbons (Fsp3) is 0.611. The first-order chi connectivity index (χ1) is 10.1. The molecule has 5 atom stereocenters. The van der Waals surface area contributed by atoms with Crippen LogP contribution in [0.5, 0.6) is 0 Å². The predicted molar refractivity (Wildman–Crippen MR) is 87.2 cm³/mol. The molecule has 21 heavy (non-hydrogen) atoms. The molecule has 0 heterocycles. The van der Waals surface area contributed by atoms with Crippen LogP contribution in [-0.2, 0) is 0 Å². The van der Waals surface area contributed by atoms with Gasteiger partial charge in [0.05, 0.1) is 0 Å². The molecular formula is C18H22BrNO. The van der Waals surface area contributed by atoms with Crippen molar-refractivity contribution in [2.75, 3.05) is 0 Å². The first kappa shape index (κ1) is 13.8. The second kappa shape index (κ2) is 5.12. The lowest BCUT2D eigenvalue weighted by atomic mass is 9.79. The van der Waals surface area contributed by atoms with Gasteiger partial charge in [0.1, 0.15) is 0 Å². The van der Waals surface area contributed by atoms with Gasteiger partial charge in [0.2, 0.25) is 0 Å². The van der Waals surface area contributed by atoms with Gasteiger partial charge in [-0.1, -0.05) is 28.4 Å². The molecule has 0 saturated heterocycles. The van der Waals surface area contributed by atoms with Crippen LogP contribution >= 0.6 is 15.9 Å². The van der Waals surface area contributed by atoms with Crippen molar-refractivity contribution in [2.45, 2.75) is 45.1 Å². The molecule has 2 bridgehead atoms. The number of fused-ring (bicyclic) bond motifs is 5. The fourth-order valence-corrected chi connectivity index (χ4v) is 5.70. The molecule has 0 spiro atoms. The highest BCUT2D eigenvalue weighted by Gasteiger charge is 2.54. The molecular weight excluding hydrogens is 326 g/mol. The number of nitrogens with one attached hydrogen (secondary N) is 1. The van der Waals surface area contributed by atoms with Crippen LogP contribution in [0.4, 0.5) is 0 Å². The van der Waals surface area contributed by atoms with Crippen LogP contribution in [0, 0.1) is 30.6 Å². The quantitative estimate of drug-likeness (QED) is 0.848. The van der Waals surface area contributed by atoms with Gasteiger partial charge in [0.15, 0.2) is 0 Å². The van der Waals surface area contributed by atoms with Gasteiger partial charge >= 0.3 is 0 Å². The summed E-state index contributed by atoms with van der Waals surface area (Å²) < 4.78 is 1.01. The molecule has 1 aromatic rings. The van der Waals surface area contributed by atoms with E-state index in [1.54, 1.807) is 0 Å². The number of rotatable bonds is 2. The number of hydrogen-bond donors (Lipinski definition) is 1. The van der Waals surface area contributed by atoms with Gasteiger partial charge in [-0.15, -0.1) is 0 Å². The zero-order valence-corrected chi connectivity index (χ0v) is 14.0. The molecule has 3 saturated carbocycles. The summed E-state index contributed by atoms with van der Waals surface area (Å²) in [7, 11) is 0. The van der Waals surface area contributed by atoms with Crippen molar-refractivity contribution >= 4 is 21.8 Å². The van der Waals surface area contributed by atoms with Crippen molar-refractivity contribution in [2.24, 2.45) is 23.7 Å². The Morgan fingerprint density at radius 2 is 2.00 bits per heavy atom. The topological polar surface area (TPSA) is 29.1 Å². The lowest BCUT2D eigenvalue weighted by Gasteiger charge is -2.32. The fourth-order valence-electron chi connectivity index (χ4n) is 5.33. The van der Waals surface area contributed by atoms with E-state index in [1.165, 1.54) is 32.1 Å². The average molecular weight is 348 g/mol. The van der Waals surface area contributed by atoms with Crippen molar-refractivity contribution in [1.82, 2.24) is 5.32 Å². The maximum Gasteiger partial charge on any atom is 0.251 e. The Balaban J connectivity index is 1.50. The van der Waals surface area contributed by atoms with Crippen LogP contribution in [-0.4, -0.2) is 11.9 Å². The molecule has 0 aliphatic heterocycles. The highest BCUT2D eigenvalue weighted by Crippen LogP contribution is 2.58. The van der Waals surface area contributed by atoms with Crippen molar-refractivity contribution in [1.29, 1.82) is 0 Å². The van der Waals surface area contributed by atoms with E-state index >= 15 is 0 Å². The number of hydrogen-bond acceptors (Lipinski definition) is 1. The van der Waals surface area contributed by atoms with E-state index in [2.05, 4.69) is 21.2 Å². The number of carbonyl (C=O) groups is 1. The van der Waals surface area contributed by atoms with Gasteiger partial charge in [0.25, 0.3) is 5.91 Å². The van der Waals surface area contributed by atoms with Gasteiger partial charge in [0, 0.05) is 16.1 Å². The third kappa shape index (κ3) is 2.16. The monoisotopic (exact) mass is 347 g/mol. The zero-order valence-electron chi connectivity index (χ0n) is 12.4. The molecule has 1 aromatic carbocycles. The summed E-state index contributed by atoms with van der Waals surface area (Å²) in [6, 6.07) is 6.29. The maximum absolute atomic E-state index is 12.6. The van der Waals surface area contributed by atoms with E-state index in [9.17, 15) is 4.79 Å². The third-order valence-electron chi connectivity index (χ3n) is 6.26. The molecule has 2 nitrogen and oxygen atoms in total. The van der Waals surface area contributed by atoms with Crippen molar-refractivity contribution < 1.29 is 4.79 Å². The molecule has 0 radical (unpaired) electrons. The zero-order chi connectivity index (χ0) is 14.6. The Bertz CT molecular complexity index is 585. The highest BCUT2D eigenvalue weighted by molar-refractivity contribution is 9.10. The molecule has 3 aliphatic rings. The summed E-state index contributed by atoms with van der Waals surface area (Å²) in [5.41, 5.74) is 1.85. The first-order valence-electron chi connectivity index (χ1n) is 8.21. The molecule has 5 unspecified atom stereocenters. The average Bonchev–Trinajstić information content (AvgIpc) is 3.13. The molecule has 3 aliphatic carbocycles. The molecule has 4 rings (SSSR count). The van der Waals surface area contributed by atoms with E-state index in [0.29, 0.717) is 6.04 Å². The van der Waals surface area contributed by atoms with Gasteiger partial charge in [-0.05, 0) is 74.0 Å². The van der Waals surface area contributed by atoms with Gasteiger partial charge in [-0.25, -0.2) is 0 Å². The SMILES string of the molecule is Cc1c(Br)cccc1C(=O)NC1CC2CC1C1CCCC21. The summed E-state index contributed by atoms with van der Waals surface area (Å²) in [6.45, 7) is 2.01. The molecule has 112 valence electrons. The van der Waals surface area contributed by atoms with Gasteiger partial charge in [-0.3, -0.25) is 4.79 Å². The lowest BCUT2D eigenvalue weighted by Crippen LogP contribution is -2.42. The van der Waals surface area contributed by atoms with Crippen LogP contribution in [0.25, 0.3) is 0 Å². The largest absolute Gasteiger partial charge is 0.349 e. The minimum Gasteiger partial charge on any atom is -0.349 e. The highest BCUT2D eigenvalue weighted by atomic mass is 79.9. The Morgan fingerprint density at radius 3 is 2.86 bits per heavy atom. The number of amides is 1. The van der Waals surface area contributed by atoms with Crippen LogP contribution in [0.1, 0.15) is 48.0 Å². The normalized spacial score (nSPS) is 36.8. The Hall–Kier alpha value is -0.830. The van der Waals surface area contributed by atoms with E-state index in [-0.39, 0.29) is 5.91 Å². The van der Waals surface area contributed by atoms with Crippen LogP contribution in [0.2, 0.25) is 0 Å². The molecule has 1 N–H and O–H groups in total. The van der Waals surface area contributed by atoms with Crippen LogP contribution in [0.15, 0.2) is 22.7 Å². The van der Waals surface area contributed by atoms with E-state index in [1.807, 2.05) is 25.1 Å². The number of benzene rings is 1. The standard InChI is InChI=1S/C18H22BrNO/c1-10-12(4-3-7-16(10)19)18(21)20-17-9-11-8-15(17)14-6-2-5-13(11)14/h3-4,7,11,13-15,17H,2,5-6,8-9H2,1H3,(H,20,21). The summed E-state index contributed by atoms with van der Waals surface area (Å²) in [5.74, 6) is 3.63. The van der Waals surface area contributed by atoms with Crippen LogP contribution in [0.3, 0.4) is 0 Å². The van der Waals surface area contributed by atoms with Crippen molar-refractivity contribution in [3.05, 3.63) is 33.8 Å². The molecule has 1 amide bonds. The maximum atomic E-state index is 12.6. The minimum atomic E-state index is 0.112. The van der Waals surface area contributed by atoms with E-state index < -0.39 is 0 Å². The Morgan fingerprint density at radius 1 is 1.19 bits per heavy atom. The Labute approximate surface area is 134 Å². The summed E-state index contributed by atoms with van der Waals surface area (Å²) in [6.07, 6.45) is 6.82.